The van der Waals surface area contributed by atoms with Crippen molar-refractivity contribution >= 4 is 36.4 Å². The van der Waals surface area contributed by atoms with Gasteiger partial charge in [-0.25, -0.2) is 8.78 Å². The van der Waals surface area contributed by atoms with E-state index in [0.717, 1.165) is 37.5 Å². The SMILES string of the molecule is C[C@@H]1CN(CC(=O)N2CC(C)(C)c3ncc(C(O)c4ccc(F)cc4F)cc32)[C@@H](CN2[C@H](C)COC[C@H]2C)CN1.Cl.Cl. The number of hydrogen-bond donors (Lipinski definition) is 2. The van der Waals surface area contributed by atoms with E-state index in [9.17, 15) is 18.7 Å². The molecule has 4 heterocycles. The zero-order valence-electron chi connectivity index (χ0n) is 24.8. The van der Waals surface area contributed by atoms with Gasteiger partial charge in [-0.15, -0.1) is 24.8 Å². The molecule has 0 aliphatic carbocycles. The molecule has 8 nitrogen and oxygen atoms in total. The Morgan fingerprint density at radius 3 is 2.52 bits per heavy atom. The van der Waals surface area contributed by atoms with Gasteiger partial charge in [-0.1, -0.05) is 19.9 Å². The van der Waals surface area contributed by atoms with E-state index in [1.54, 1.807) is 11.0 Å². The van der Waals surface area contributed by atoms with Crippen LogP contribution in [-0.2, 0) is 14.9 Å². The first-order valence-electron chi connectivity index (χ1n) is 14.2. The lowest BCUT2D eigenvalue weighted by Gasteiger charge is -2.46. The number of aliphatic hydroxyl groups excluding tert-OH is 1. The average molecular weight is 631 g/mol. The summed E-state index contributed by atoms with van der Waals surface area (Å²) >= 11 is 0. The highest BCUT2D eigenvalue weighted by Crippen LogP contribution is 2.41. The quantitative estimate of drug-likeness (QED) is 0.505. The van der Waals surface area contributed by atoms with Gasteiger partial charge in [-0.2, -0.15) is 0 Å². The number of carbonyl (C=O) groups is 1. The van der Waals surface area contributed by atoms with Gasteiger partial charge in [-0.3, -0.25) is 19.6 Å². The van der Waals surface area contributed by atoms with Crippen LogP contribution in [0.3, 0.4) is 0 Å². The first-order chi connectivity index (χ1) is 18.9. The van der Waals surface area contributed by atoms with Gasteiger partial charge in [0.2, 0.25) is 5.91 Å². The molecule has 12 heteroatoms. The van der Waals surface area contributed by atoms with Crippen LogP contribution in [0.5, 0.6) is 0 Å². The molecule has 234 valence electrons. The summed E-state index contributed by atoms with van der Waals surface area (Å²) < 4.78 is 33.6. The molecule has 0 bridgehead atoms. The molecule has 2 aromatic rings. The van der Waals surface area contributed by atoms with Crippen molar-refractivity contribution in [2.75, 3.05) is 50.8 Å². The summed E-state index contributed by atoms with van der Waals surface area (Å²) in [7, 11) is 0. The van der Waals surface area contributed by atoms with E-state index in [0.29, 0.717) is 43.1 Å². The van der Waals surface area contributed by atoms with Crippen molar-refractivity contribution in [3.8, 4) is 0 Å². The predicted molar refractivity (Wildman–Crippen MR) is 164 cm³/mol. The third-order valence-electron chi connectivity index (χ3n) is 8.58. The van der Waals surface area contributed by atoms with Crippen molar-refractivity contribution in [1.82, 2.24) is 20.1 Å². The fraction of sp³-hybridized carbons (Fsp3) is 0.600. The maximum atomic E-state index is 14.4. The monoisotopic (exact) mass is 629 g/mol. The van der Waals surface area contributed by atoms with Crippen LogP contribution < -0.4 is 10.2 Å². The number of anilines is 1. The number of nitrogens with one attached hydrogen (secondary N) is 1. The molecule has 1 amide bonds. The average Bonchev–Trinajstić information content (AvgIpc) is 3.17. The van der Waals surface area contributed by atoms with E-state index >= 15 is 0 Å². The minimum absolute atomic E-state index is 0. The highest BCUT2D eigenvalue weighted by atomic mass is 35.5. The van der Waals surface area contributed by atoms with Crippen molar-refractivity contribution in [3.63, 3.8) is 0 Å². The fourth-order valence-electron chi connectivity index (χ4n) is 6.33. The smallest absolute Gasteiger partial charge is 0.241 e. The molecule has 0 spiro atoms. The van der Waals surface area contributed by atoms with Gasteiger partial charge < -0.3 is 20.1 Å². The molecule has 2 saturated heterocycles. The lowest BCUT2D eigenvalue weighted by atomic mass is 9.90. The number of aliphatic hydroxyl groups is 1. The van der Waals surface area contributed by atoms with Crippen LogP contribution in [0.2, 0.25) is 0 Å². The van der Waals surface area contributed by atoms with Crippen molar-refractivity contribution < 1.29 is 23.4 Å². The van der Waals surface area contributed by atoms with Crippen molar-refractivity contribution in [3.05, 3.63) is 58.9 Å². The molecule has 3 aliphatic heterocycles. The summed E-state index contributed by atoms with van der Waals surface area (Å²) in [6.45, 7) is 15.1. The summed E-state index contributed by atoms with van der Waals surface area (Å²) in [6, 6.07) is 5.88. The number of ether oxygens (including phenoxy) is 1. The molecule has 0 saturated carbocycles. The van der Waals surface area contributed by atoms with Crippen molar-refractivity contribution in [2.45, 2.75) is 70.3 Å². The fourth-order valence-corrected chi connectivity index (χ4v) is 6.33. The first kappa shape index (κ1) is 34.6. The van der Waals surface area contributed by atoms with Crippen LogP contribution >= 0.6 is 24.8 Å². The van der Waals surface area contributed by atoms with E-state index in [4.69, 9.17) is 4.74 Å². The number of hydrogen-bond acceptors (Lipinski definition) is 7. The standard InChI is InChI=1S/C30H41F2N5O3.2ClH/c1-18-12-35(23(11-33-18)13-36-19(2)15-40-16-20(36)3)14-27(38)37-17-30(4,5)29-26(37)8-21(10-34-29)28(39)24-7-6-22(31)9-25(24)32;;/h6-10,18-20,23,28,33,39H,11-17H2,1-5H3;2*1H/t18-,19-,20-,23-,28?;;/m1../s1. The Kier molecular flexibility index (Phi) is 11.4. The summed E-state index contributed by atoms with van der Waals surface area (Å²) in [6.07, 6.45) is 0.177. The number of rotatable bonds is 6. The van der Waals surface area contributed by atoms with Crippen molar-refractivity contribution in [2.24, 2.45) is 0 Å². The van der Waals surface area contributed by atoms with E-state index in [2.05, 4.69) is 40.9 Å². The molecule has 5 rings (SSSR count). The van der Waals surface area contributed by atoms with Gasteiger partial charge >= 0.3 is 0 Å². The second-order valence-electron chi connectivity index (χ2n) is 12.4. The van der Waals surface area contributed by atoms with Gasteiger partial charge in [0.1, 0.15) is 17.7 Å². The summed E-state index contributed by atoms with van der Waals surface area (Å²) in [5, 5.41) is 14.5. The Morgan fingerprint density at radius 2 is 1.86 bits per heavy atom. The lowest BCUT2D eigenvalue weighted by Crippen LogP contribution is -2.63. The van der Waals surface area contributed by atoms with Crippen LogP contribution in [0.4, 0.5) is 14.5 Å². The summed E-state index contributed by atoms with van der Waals surface area (Å²) in [4.78, 5) is 25.0. The normalized spacial score (nSPS) is 26.6. The number of aromatic nitrogens is 1. The van der Waals surface area contributed by atoms with Gasteiger partial charge in [-0.05, 0) is 32.9 Å². The largest absolute Gasteiger partial charge is 0.383 e. The Bertz CT molecular complexity index is 1250. The Hall–Kier alpha value is -1.92. The minimum Gasteiger partial charge on any atom is -0.383 e. The zero-order chi connectivity index (χ0) is 28.8. The zero-order valence-corrected chi connectivity index (χ0v) is 26.5. The Balaban J connectivity index is 0.00000242. The van der Waals surface area contributed by atoms with Crippen LogP contribution in [0, 0.1) is 11.6 Å². The molecule has 1 aromatic carbocycles. The molecule has 5 atom stereocenters. The molecule has 42 heavy (non-hydrogen) atoms. The van der Waals surface area contributed by atoms with Crippen LogP contribution in [0.15, 0.2) is 30.5 Å². The molecule has 2 N–H and O–H groups in total. The number of halogens is 4. The first-order valence-corrected chi connectivity index (χ1v) is 14.2. The predicted octanol–water partition coefficient (Wildman–Crippen LogP) is 3.68. The number of nitrogens with zero attached hydrogens (tertiary/aromatic N) is 4. The lowest BCUT2D eigenvalue weighted by molar-refractivity contribution is -0.121. The number of benzene rings is 1. The molecule has 0 radical (unpaired) electrons. The summed E-state index contributed by atoms with van der Waals surface area (Å²) in [5.41, 5.74) is 1.32. The number of pyridine rings is 1. The second kappa shape index (κ2) is 13.8. The number of fused-ring (bicyclic) bond motifs is 1. The molecule has 1 unspecified atom stereocenters. The number of morpholine rings is 1. The third kappa shape index (κ3) is 7.07. The number of amides is 1. The van der Waals surface area contributed by atoms with Gasteiger partial charge in [0.05, 0.1) is 31.1 Å². The van der Waals surface area contributed by atoms with Gasteiger partial charge in [0, 0.05) is 79.2 Å². The van der Waals surface area contributed by atoms with Gasteiger partial charge in [0.25, 0.3) is 0 Å². The Morgan fingerprint density at radius 1 is 1.17 bits per heavy atom. The van der Waals surface area contributed by atoms with Crippen LogP contribution in [-0.4, -0.2) is 95.9 Å². The molecular formula is C30H43Cl2F2N5O3. The maximum Gasteiger partial charge on any atom is 0.241 e. The van der Waals surface area contributed by atoms with E-state index in [1.807, 2.05) is 13.8 Å². The molecule has 3 aliphatic rings. The Labute approximate surface area is 259 Å². The van der Waals surface area contributed by atoms with E-state index in [1.165, 1.54) is 12.3 Å². The third-order valence-corrected chi connectivity index (χ3v) is 8.58. The van der Waals surface area contributed by atoms with Crippen molar-refractivity contribution in [1.29, 1.82) is 0 Å². The second-order valence-corrected chi connectivity index (χ2v) is 12.4. The minimum atomic E-state index is -1.34. The highest BCUT2D eigenvalue weighted by molar-refractivity contribution is 5.97. The highest BCUT2D eigenvalue weighted by Gasteiger charge is 2.41. The molecular weight excluding hydrogens is 587 g/mol. The summed E-state index contributed by atoms with van der Waals surface area (Å²) in [5.74, 6) is -1.57. The topological polar surface area (TPSA) is 81.2 Å². The molecule has 2 fully saturated rings. The van der Waals surface area contributed by atoms with Crippen LogP contribution in [0.1, 0.15) is 57.5 Å². The van der Waals surface area contributed by atoms with Crippen LogP contribution in [0.25, 0.3) is 0 Å². The molecule has 1 aromatic heterocycles. The maximum absolute atomic E-state index is 14.4. The van der Waals surface area contributed by atoms with E-state index < -0.39 is 17.7 Å². The number of piperazine rings is 1. The van der Waals surface area contributed by atoms with E-state index in [-0.39, 0.29) is 60.3 Å². The van der Waals surface area contributed by atoms with Gasteiger partial charge in [0.15, 0.2) is 0 Å². The number of carbonyl (C=O) groups excluding carboxylic acids is 1.